The molecule has 0 heterocycles. The average molecular weight is 339 g/mol. The molecule has 4 nitrogen and oxygen atoms in total. The van der Waals surface area contributed by atoms with E-state index in [-0.39, 0.29) is 12.1 Å². The smallest absolute Gasteiger partial charge is 0.334 e. The van der Waals surface area contributed by atoms with Gasteiger partial charge in [-0.1, -0.05) is 60.7 Å². The fraction of sp³-hybridized carbons (Fsp3) is 0.286. The van der Waals surface area contributed by atoms with Gasteiger partial charge in [-0.05, 0) is 32.1 Å². The van der Waals surface area contributed by atoms with E-state index in [1.807, 2.05) is 86.6 Å². The van der Waals surface area contributed by atoms with E-state index < -0.39 is 5.97 Å². The number of nitrogens with zero attached hydrogens (tertiary/aromatic N) is 1. The molecule has 0 fully saturated rings. The van der Waals surface area contributed by atoms with E-state index >= 15 is 0 Å². The van der Waals surface area contributed by atoms with Crippen molar-refractivity contribution >= 4 is 5.97 Å². The predicted molar refractivity (Wildman–Crippen MR) is 98.8 cm³/mol. The van der Waals surface area contributed by atoms with E-state index in [4.69, 9.17) is 9.47 Å². The van der Waals surface area contributed by atoms with Gasteiger partial charge in [0, 0.05) is 6.04 Å². The molecule has 0 aromatic heterocycles. The van der Waals surface area contributed by atoms with Crippen molar-refractivity contribution in [2.24, 2.45) is 0 Å². The fourth-order valence-corrected chi connectivity index (χ4v) is 2.35. The summed E-state index contributed by atoms with van der Waals surface area (Å²) >= 11 is 0. The molecule has 0 aliphatic heterocycles. The van der Waals surface area contributed by atoms with Crippen LogP contribution in [0.2, 0.25) is 0 Å². The third-order valence-electron chi connectivity index (χ3n) is 4.02. The molecule has 132 valence electrons. The van der Waals surface area contributed by atoms with E-state index in [1.54, 1.807) is 0 Å². The third-order valence-corrected chi connectivity index (χ3v) is 4.02. The summed E-state index contributed by atoms with van der Waals surface area (Å²) in [5, 5.41) is 0. The molecule has 0 aliphatic carbocycles. The largest absolute Gasteiger partial charge is 0.496 e. The molecule has 2 rings (SSSR count). The van der Waals surface area contributed by atoms with Gasteiger partial charge in [0.15, 0.2) is 0 Å². The molecule has 0 amide bonds. The van der Waals surface area contributed by atoms with Crippen molar-refractivity contribution in [1.82, 2.24) is 4.90 Å². The summed E-state index contributed by atoms with van der Waals surface area (Å²) < 4.78 is 11.1. The number of likely N-dealkylation sites (N-methyl/N-ethyl adjacent to an activating group) is 1. The van der Waals surface area contributed by atoms with E-state index in [0.29, 0.717) is 6.61 Å². The van der Waals surface area contributed by atoms with Crippen LogP contribution >= 0.6 is 0 Å². The Kier molecular flexibility index (Phi) is 7.23. The molecular formula is C21H25NO3. The highest BCUT2D eigenvalue weighted by Gasteiger charge is 2.24. The average Bonchev–Trinajstić information content (AvgIpc) is 2.64. The van der Waals surface area contributed by atoms with E-state index in [9.17, 15) is 4.79 Å². The van der Waals surface area contributed by atoms with Gasteiger partial charge in [-0.25, -0.2) is 4.79 Å². The maximum Gasteiger partial charge on any atom is 0.334 e. The lowest BCUT2D eigenvalue weighted by atomic mass is 10.0. The lowest BCUT2D eigenvalue weighted by molar-refractivity contribution is -0.146. The maximum atomic E-state index is 12.2. The second-order valence-electron chi connectivity index (χ2n) is 6.07. The first-order valence-electron chi connectivity index (χ1n) is 8.32. The van der Waals surface area contributed by atoms with Crippen LogP contribution in [0.5, 0.6) is 0 Å². The van der Waals surface area contributed by atoms with E-state index in [1.165, 1.54) is 12.3 Å². The Hall–Kier alpha value is -2.59. The Balaban J connectivity index is 1.93. The first-order valence-corrected chi connectivity index (χ1v) is 8.32. The number of ether oxygens (including phenoxy) is 2. The minimum atomic E-state index is -0.421. The first-order chi connectivity index (χ1) is 12.1. The lowest BCUT2D eigenvalue weighted by Gasteiger charge is -2.29. The van der Waals surface area contributed by atoms with Crippen LogP contribution in [-0.4, -0.2) is 31.0 Å². The van der Waals surface area contributed by atoms with Crippen molar-refractivity contribution in [2.45, 2.75) is 25.7 Å². The standard InChI is InChI=1S/C21H25NO3/c1-17(22(2)3)21(19-12-8-5-9-13-19)25-20(23)14-15-24-16-18-10-6-4-7-11-18/h4-15,17,21H,16H2,1-3H3/b15-14+/t17-,21-/m0/s1. The maximum absolute atomic E-state index is 12.2. The summed E-state index contributed by atoms with van der Waals surface area (Å²) in [4.78, 5) is 14.2. The topological polar surface area (TPSA) is 38.8 Å². The summed E-state index contributed by atoms with van der Waals surface area (Å²) in [5.41, 5.74) is 2.01. The minimum Gasteiger partial charge on any atom is -0.496 e. The number of hydrogen-bond acceptors (Lipinski definition) is 4. The minimum absolute atomic E-state index is 0.0463. The van der Waals surface area contributed by atoms with Gasteiger partial charge >= 0.3 is 5.97 Å². The van der Waals surface area contributed by atoms with Crippen LogP contribution in [0.15, 0.2) is 73.0 Å². The van der Waals surface area contributed by atoms with Crippen LogP contribution in [0.4, 0.5) is 0 Å². The number of carbonyl (C=O) groups is 1. The SMILES string of the molecule is C[C@@H]([C@H](OC(=O)/C=C/OCc1ccccc1)c1ccccc1)N(C)C. The van der Waals surface area contributed by atoms with Crippen LogP contribution in [-0.2, 0) is 20.9 Å². The second-order valence-corrected chi connectivity index (χ2v) is 6.07. The number of carbonyl (C=O) groups excluding carboxylic acids is 1. The zero-order valence-electron chi connectivity index (χ0n) is 15.0. The van der Waals surface area contributed by atoms with Crippen molar-refractivity contribution in [3.8, 4) is 0 Å². The van der Waals surface area contributed by atoms with Gasteiger partial charge in [0.1, 0.15) is 12.7 Å². The molecule has 0 aliphatic rings. The highest BCUT2D eigenvalue weighted by atomic mass is 16.5. The van der Waals surface area contributed by atoms with Crippen LogP contribution in [0.25, 0.3) is 0 Å². The highest BCUT2D eigenvalue weighted by molar-refractivity contribution is 5.81. The van der Waals surface area contributed by atoms with Crippen molar-refractivity contribution in [3.63, 3.8) is 0 Å². The van der Waals surface area contributed by atoms with Crippen LogP contribution in [0.3, 0.4) is 0 Å². The molecule has 0 radical (unpaired) electrons. The molecule has 2 aromatic carbocycles. The molecule has 0 bridgehead atoms. The number of benzene rings is 2. The van der Waals surface area contributed by atoms with Crippen LogP contribution in [0.1, 0.15) is 24.2 Å². The van der Waals surface area contributed by atoms with Gasteiger partial charge in [0.05, 0.1) is 12.3 Å². The number of rotatable bonds is 8. The zero-order chi connectivity index (χ0) is 18.1. The molecule has 2 atom stereocenters. The molecule has 0 spiro atoms. The van der Waals surface area contributed by atoms with Gasteiger partial charge in [0.25, 0.3) is 0 Å². The summed E-state index contributed by atoms with van der Waals surface area (Å²) in [5.74, 6) is -0.421. The summed E-state index contributed by atoms with van der Waals surface area (Å²) in [7, 11) is 3.93. The number of esters is 1. The summed E-state index contributed by atoms with van der Waals surface area (Å²) in [6.07, 6.45) is 2.36. The van der Waals surface area contributed by atoms with E-state index in [0.717, 1.165) is 11.1 Å². The predicted octanol–water partition coefficient (Wildman–Crippen LogP) is 3.95. The van der Waals surface area contributed by atoms with Gasteiger partial charge in [-0.3, -0.25) is 0 Å². The monoisotopic (exact) mass is 339 g/mol. The fourth-order valence-electron chi connectivity index (χ4n) is 2.35. The Labute approximate surface area is 149 Å². The molecule has 0 saturated heterocycles. The van der Waals surface area contributed by atoms with Crippen molar-refractivity contribution in [1.29, 1.82) is 0 Å². The molecule has 2 aromatic rings. The molecule has 0 N–H and O–H groups in total. The van der Waals surface area contributed by atoms with Gasteiger partial charge in [0.2, 0.25) is 0 Å². The molecule has 0 unspecified atom stereocenters. The normalized spacial score (nSPS) is 13.6. The third kappa shape index (κ3) is 6.08. The first kappa shape index (κ1) is 18.7. The summed E-state index contributed by atoms with van der Waals surface area (Å²) in [6, 6.07) is 19.6. The van der Waals surface area contributed by atoms with Crippen molar-refractivity contribution in [3.05, 3.63) is 84.1 Å². The van der Waals surface area contributed by atoms with Crippen molar-refractivity contribution < 1.29 is 14.3 Å². The zero-order valence-corrected chi connectivity index (χ0v) is 15.0. The Bertz CT molecular complexity index is 668. The Morgan fingerprint density at radius 1 is 1.04 bits per heavy atom. The van der Waals surface area contributed by atoms with Gasteiger partial charge in [-0.15, -0.1) is 0 Å². The van der Waals surface area contributed by atoms with Gasteiger partial charge < -0.3 is 14.4 Å². The molecule has 25 heavy (non-hydrogen) atoms. The second kappa shape index (κ2) is 9.64. The molecule has 4 heteroatoms. The van der Waals surface area contributed by atoms with Crippen LogP contribution < -0.4 is 0 Å². The van der Waals surface area contributed by atoms with Crippen molar-refractivity contribution in [2.75, 3.05) is 14.1 Å². The van der Waals surface area contributed by atoms with E-state index in [2.05, 4.69) is 0 Å². The highest BCUT2D eigenvalue weighted by Crippen LogP contribution is 2.24. The number of hydrogen-bond donors (Lipinski definition) is 0. The lowest BCUT2D eigenvalue weighted by Crippen LogP contribution is -2.33. The van der Waals surface area contributed by atoms with Gasteiger partial charge in [-0.2, -0.15) is 0 Å². The molecular weight excluding hydrogens is 314 g/mol. The quantitative estimate of drug-likeness (QED) is 0.415. The summed E-state index contributed by atoms with van der Waals surface area (Å²) in [6.45, 7) is 2.45. The van der Waals surface area contributed by atoms with Crippen LogP contribution in [0, 0.1) is 0 Å². The Morgan fingerprint density at radius 3 is 2.24 bits per heavy atom. The molecule has 0 saturated carbocycles. The Morgan fingerprint density at radius 2 is 1.64 bits per heavy atom.